The quantitative estimate of drug-likeness (QED) is 0.901. The van der Waals surface area contributed by atoms with Crippen LogP contribution in [0.1, 0.15) is 50.3 Å². The molecule has 1 aliphatic heterocycles. The van der Waals surface area contributed by atoms with Crippen LogP contribution in [-0.4, -0.2) is 47.0 Å². The molecule has 1 saturated heterocycles. The number of nitrogens with two attached hydrogens (primary N) is 1. The molecule has 21 heavy (non-hydrogen) atoms. The first-order chi connectivity index (χ1) is 10.3. The van der Waals surface area contributed by atoms with E-state index in [4.69, 9.17) is 15.6 Å². The Hall–Kier alpha value is -0.910. The summed E-state index contributed by atoms with van der Waals surface area (Å²) in [5.41, 5.74) is 7.12. The summed E-state index contributed by atoms with van der Waals surface area (Å²) in [7, 11) is 1.80. The van der Waals surface area contributed by atoms with Crippen LogP contribution in [0.2, 0.25) is 0 Å². The molecule has 1 saturated carbocycles. The molecular weight excluding hydrogens is 264 g/mol. The van der Waals surface area contributed by atoms with Crippen molar-refractivity contribution >= 4 is 0 Å². The van der Waals surface area contributed by atoms with Crippen LogP contribution in [0.15, 0.2) is 12.3 Å². The maximum Gasteiger partial charge on any atom is 0.0765 e. The molecule has 0 aromatic carbocycles. The molecule has 0 amide bonds. The number of aromatic nitrogens is 2. The van der Waals surface area contributed by atoms with Crippen molar-refractivity contribution in [3.63, 3.8) is 0 Å². The maximum atomic E-state index is 5.95. The van der Waals surface area contributed by atoms with E-state index in [1.54, 1.807) is 7.11 Å². The minimum atomic E-state index is 0.367. The Morgan fingerprint density at radius 1 is 1.33 bits per heavy atom. The van der Waals surface area contributed by atoms with Gasteiger partial charge in [-0.3, -0.25) is 9.58 Å². The van der Waals surface area contributed by atoms with Crippen LogP contribution < -0.4 is 5.73 Å². The van der Waals surface area contributed by atoms with Gasteiger partial charge in [0.25, 0.3) is 0 Å². The molecule has 2 aliphatic rings. The topological polar surface area (TPSA) is 56.3 Å². The van der Waals surface area contributed by atoms with Gasteiger partial charge in [-0.25, -0.2) is 0 Å². The van der Waals surface area contributed by atoms with Crippen LogP contribution in [0.25, 0.3) is 0 Å². The van der Waals surface area contributed by atoms with E-state index < -0.39 is 0 Å². The molecule has 5 heteroatoms. The monoisotopic (exact) mass is 292 g/mol. The van der Waals surface area contributed by atoms with E-state index >= 15 is 0 Å². The zero-order valence-corrected chi connectivity index (χ0v) is 13.1. The lowest BCUT2D eigenvalue weighted by Crippen LogP contribution is -2.48. The van der Waals surface area contributed by atoms with Crippen molar-refractivity contribution in [1.29, 1.82) is 0 Å². The second kappa shape index (κ2) is 6.90. The standard InChI is InChI=1S/C16H28N4O/c1-21-16-7-8-19(15(10-16)11-17)12-13-6-9-20(18-13)14-4-2-3-5-14/h6,9,14-16H,2-5,7-8,10-12,17H2,1H3. The molecule has 0 radical (unpaired) electrons. The molecule has 2 atom stereocenters. The van der Waals surface area contributed by atoms with E-state index in [0.29, 0.717) is 24.7 Å². The Bertz CT molecular complexity index is 441. The van der Waals surface area contributed by atoms with Crippen molar-refractivity contribution in [3.8, 4) is 0 Å². The molecule has 0 spiro atoms. The zero-order valence-electron chi connectivity index (χ0n) is 13.1. The molecule has 2 unspecified atom stereocenters. The minimum Gasteiger partial charge on any atom is -0.381 e. The molecule has 2 heterocycles. The van der Waals surface area contributed by atoms with E-state index in [-0.39, 0.29) is 0 Å². The lowest BCUT2D eigenvalue weighted by molar-refractivity contribution is 0.00970. The van der Waals surface area contributed by atoms with Crippen LogP contribution in [0, 0.1) is 0 Å². The third-order valence-electron chi connectivity index (χ3n) is 5.12. The molecule has 5 nitrogen and oxygen atoms in total. The number of rotatable bonds is 5. The molecule has 118 valence electrons. The van der Waals surface area contributed by atoms with Gasteiger partial charge in [-0.1, -0.05) is 12.8 Å². The highest BCUT2D eigenvalue weighted by molar-refractivity contribution is 5.01. The van der Waals surface area contributed by atoms with Gasteiger partial charge in [0.05, 0.1) is 17.8 Å². The van der Waals surface area contributed by atoms with Gasteiger partial charge in [-0.2, -0.15) is 5.10 Å². The molecule has 1 aliphatic carbocycles. The van der Waals surface area contributed by atoms with Gasteiger partial charge in [0.2, 0.25) is 0 Å². The average Bonchev–Trinajstić information content (AvgIpc) is 3.18. The van der Waals surface area contributed by atoms with Crippen molar-refractivity contribution in [1.82, 2.24) is 14.7 Å². The highest BCUT2D eigenvalue weighted by Gasteiger charge is 2.28. The predicted octanol–water partition coefficient (Wildman–Crippen LogP) is 1.94. The third-order valence-corrected chi connectivity index (χ3v) is 5.12. The predicted molar refractivity (Wildman–Crippen MR) is 83.0 cm³/mol. The average molecular weight is 292 g/mol. The summed E-state index contributed by atoms with van der Waals surface area (Å²) in [4.78, 5) is 2.47. The fraction of sp³-hybridized carbons (Fsp3) is 0.812. The van der Waals surface area contributed by atoms with Crippen LogP contribution in [0.4, 0.5) is 0 Å². The van der Waals surface area contributed by atoms with Crippen molar-refractivity contribution in [2.45, 2.75) is 63.3 Å². The number of methoxy groups -OCH3 is 1. The van der Waals surface area contributed by atoms with Crippen molar-refractivity contribution in [2.75, 3.05) is 20.2 Å². The van der Waals surface area contributed by atoms with E-state index in [1.807, 2.05) is 0 Å². The lowest BCUT2D eigenvalue weighted by Gasteiger charge is -2.38. The summed E-state index contributed by atoms with van der Waals surface area (Å²) in [5.74, 6) is 0. The third kappa shape index (κ3) is 3.47. The molecule has 3 rings (SSSR count). The second-order valence-corrected chi connectivity index (χ2v) is 6.47. The molecule has 1 aromatic rings. The number of ether oxygens (including phenoxy) is 1. The summed E-state index contributed by atoms with van der Waals surface area (Å²) in [6.45, 7) is 2.66. The summed E-state index contributed by atoms with van der Waals surface area (Å²) < 4.78 is 7.67. The normalized spacial score (nSPS) is 28.3. The summed E-state index contributed by atoms with van der Waals surface area (Å²) in [6, 6.07) is 3.22. The Morgan fingerprint density at radius 3 is 2.86 bits per heavy atom. The van der Waals surface area contributed by atoms with Gasteiger partial charge in [0, 0.05) is 39.0 Å². The van der Waals surface area contributed by atoms with Gasteiger partial charge < -0.3 is 10.5 Å². The lowest BCUT2D eigenvalue weighted by atomic mass is 9.99. The molecular formula is C16H28N4O. The van der Waals surface area contributed by atoms with Gasteiger partial charge in [-0.15, -0.1) is 0 Å². The van der Waals surface area contributed by atoms with Gasteiger partial charge in [0.15, 0.2) is 0 Å². The van der Waals surface area contributed by atoms with E-state index in [1.165, 1.54) is 31.4 Å². The van der Waals surface area contributed by atoms with Crippen LogP contribution in [0.3, 0.4) is 0 Å². The Morgan fingerprint density at radius 2 is 2.14 bits per heavy atom. The Balaban J connectivity index is 1.60. The van der Waals surface area contributed by atoms with Crippen molar-refractivity contribution in [2.24, 2.45) is 5.73 Å². The van der Waals surface area contributed by atoms with E-state index in [9.17, 15) is 0 Å². The zero-order chi connectivity index (χ0) is 14.7. The molecule has 1 aromatic heterocycles. The summed E-state index contributed by atoms with van der Waals surface area (Å²) >= 11 is 0. The maximum absolute atomic E-state index is 5.95. The first-order valence-electron chi connectivity index (χ1n) is 8.31. The number of likely N-dealkylation sites (tertiary alicyclic amines) is 1. The Labute approximate surface area is 127 Å². The van der Waals surface area contributed by atoms with E-state index in [0.717, 1.165) is 25.9 Å². The molecule has 2 N–H and O–H groups in total. The smallest absolute Gasteiger partial charge is 0.0765 e. The van der Waals surface area contributed by atoms with Gasteiger partial charge in [0.1, 0.15) is 0 Å². The van der Waals surface area contributed by atoms with Crippen molar-refractivity contribution < 1.29 is 4.74 Å². The van der Waals surface area contributed by atoms with Gasteiger partial charge >= 0.3 is 0 Å². The highest BCUT2D eigenvalue weighted by atomic mass is 16.5. The Kier molecular flexibility index (Phi) is 4.93. The summed E-state index contributed by atoms with van der Waals surface area (Å²) in [5, 5.41) is 4.80. The fourth-order valence-electron chi connectivity index (χ4n) is 3.77. The van der Waals surface area contributed by atoms with E-state index in [2.05, 4.69) is 21.8 Å². The first-order valence-corrected chi connectivity index (χ1v) is 8.31. The van der Waals surface area contributed by atoms with Gasteiger partial charge in [-0.05, 0) is 31.7 Å². The molecule has 2 fully saturated rings. The highest BCUT2D eigenvalue weighted by Crippen LogP contribution is 2.29. The fourth-order valence-corrected chi connectivity index (χ4v) is 3.77. The number of nitrogens with zero attached hydrogens (tertiary/aromatic N) is 3. The van der Waals surface area contributed by atoms with Crippen LogP contribution in [-0.2, 0) is 11.3 Å². The number of hydrogen-bond donors (Lipinski definition) is 1. The number of hydrogen-bond acceptors (Lipinski definition) is 4. The largest absolute Gasteiger partial charge is 0.381 e. The second-order valence-electron chi connectivity index (χ2n) is 6.47. The summed E-state index contributed by atoms with van der Waals surface area (Å²) in [6.07, 6.45) is 9.92. The van der Waals surface area contributed by atoms with Crippen LogP contribution in [0.5, 0.6) is 0 Å². The SMILES string of the molecule is COC1CCN(Cc2ccn(C3CCCC3)n2)C(CN)C1. The van der Waals surface area contributed by atoms with Crippen LogP contribution >= 0.6 is 0 Å². The first kappa shape index (κ1) is 15.0. The van der Waals surface area contributed by atoms with Crippen molar-refractivity contribution in [3.05, 3.63) is 18.0 Å². The molecule has 0 bridgehead atoms. The number of piperidine rings is 1. The minimum absolute atomic E-state index is 0.367.